The summed E-state index contributed by atoms with van der Waals surface area (Å²) in [5.41, 5.74) is -3.51. The predicted octanol–water partition coefficient (Wildman–Crippen LogP) is 4.33. The standard InChI is InChI=1S/C22H26F4N6O2S/c1-12(2)20(33)27-10-18-29-19(30-34-18)13-9-17-16(28-15-6-8-31(3)11-14(15)23)5-4-7-32(17)21(13)35-22(24,25)26/h4-5,7,9,12,14-15,28H,6,8,10-11H2,1-3H3,(H,27,33)/t14-,15+/m0/s1. The van der Waals surface area contributed by atoms with Gasteiger partial charge >= 0.3 is 5.51 Å². The molecule has 13 heteroatoms. The largest absolute Gasteiger partial charge is 0.447 e. The summed E-state index contributed by atoms with van der Waals surface area (Å²) in [6.07, 6.45) is 0.948. The first-order chi connectivity index (χ1) is 16.5. The Kier molecular flexibility index (Phi) is 7.27. The molecule has 0 saturated carbocycles. The van der Waals surface area contributed by atoms with Crippen molar-refractivity contribution in [2.75, 3.05) is 25.5 Å². The maximum atomic E-state index is 14.6. The molecule has 0 aliphatic carbocycles. The van der Waals surface area contributed by atoms with Gasteiger partial charge in [0.25, 0.3) is 0 Å². The van der Waals surface area contributed by atoms with Crippen molar-refractivity contribution < 1.29 is 26.9 Å². The first-order valence-corrected chi connectivity index (χ1v) is 11.9. The van der Waals surface area contributed by atoms with Gasteiger partial charge in [0, 0.05) is 37.0 Å². The molecule has 3 aromatic rings. The first-order valence-electron chi connectivity index (χ1n) is 11.1. The van der Waals surface area contributed by atoms with Crippen molar-refractivity contribution in [3.63, 3.8) is 0 Å². The number of carbonyl (C=O) groups is 1. The van der Waals surface area contributed by atoms with Gasteiger partial charge in [-0.15, -0.1) is 0 Å². The van der Waals surface area contributed by atoms with Gasteiger partial charge in [-0.3, -0.25) is 4.79 Å². The molecule has 2 atom stereocenters. The van der Waals surface area contributed by atoms with E-state index in [9.17, 15) is 22.4 Å². The van der Waals surface area contributed by atoms with Crippen molar-refractivity contribution in [3.05, 3.63) is 30.3 Å². The summed E-state index contributed by atoms with van der Waals surface area (Å²) >= 11 is -0.292. The van der Waals surface area contributed by atoms with Gasteiger partial charge < -0.3 is 24.5 Å². The topological polar surface area (TPSA) is 87.7 Å². The molecule has 2 N–H and O–H groups in total. The molecule has 4 rings (SSSR count). The van der Waals surface area contributed by atoms with Crippen LogP contribution in [0.3, 0.4) is 0 Å². The number of hydrogen-bond donors (Lipinski definition) is 2. The molecule has 1 saturated heterocycles. The molecule has 0 radical (unpaired) electrons. The maximum Gasteiger partial charge on any atom is 0.447 e. The second-order valence-corrected chi connectivity index (χ2v) is 9.84. The molecule has 0 aromatic carbocycles. The predicted molar refractivity (Wildman–Crippen MR) is 124 cm³/mol. The molecule has 1 amide bonds. The molecule has 1 fully saturated rings. The van der Waals surface area contributed by atoms with Crippen LogP contribution in [0.15, 0.2) is 33.9 Å². The highest BCUT2D eigenvalue weighted by molar-refractivity contribution is 8.00. The third-order valence-corrected chi connectivity index (χ3v) is 6.55. The number of likely N-dealkylation sites (tertiary alicyclic amines) is 1. The molecule has 1 aliphatic rings. The van der Waals surface area contributed by atoms with Gasteiger partial charge in [0.15, 0.2) is 0 Å². The Bertz CT molecular complexity index is 1190. The Hall–Kier alpha value is -2.80. The monoisotopic (exact) mass is 514 g/mol. The molecule has 35 heavy (non-hydrogen) atoms. The second kappa shape index (κ2) is 10.1. The van der Waals surface area contributed by atoms with Crippen molar-refractivity contribution in [1.82, 2.24) is 24.8 Å². The summed E-state index contributed by atoms with van der Waals surface area (Å²) in [5, 5.41) is 9.50. The lowest BCUT2D eigenvalue weighted by atomic mass is 10.0. The number of halogens is 4. The average Bonchev–Trinajstić information content (AvgIpc) is 3.38. The van der Waals surface area contributed by atoms with Crippen LogP contribution in [0.25, 0.3) is 16.9 Å². The van der Waals surface area contributed by atoms with E-state index in [0.717, 1.165) is 0 Å². The number of pyridine rings is 1. The molecule has 3 aromatic heterocycles. The number of nitrogens with one attached hydrogen (secondary N) is 2. The van der Waals surface area contributed by atoms with Crippen LogP contribution in [-0.4, -0.2) is 63.2 Å². The van der Waals surface area contributed by atoms with E-state index in [1.807, 2.05) is 11.9 Å². The Labute approximate surface area is 203 Å². The first kappa shape index (κ1) is 25.3. The Morgan fingerprint density at radius 1 is 1.37 bits per heavy atom. The maximum absolute atomic E-state index is 14.6. The quantitative estimate of drug-likeness (QED) is 0.359. The molecule has 190 valence electrons. The van der Waals surface area contributed by atoms with Crippen LogP contribution in [-0.2, 0) is 11.3 Å². The Morgan fingerprint density at radius 3 is 2.83 bits per heavy atom. The van der Waals surface area contributed by atoms with Crippen LogP contribution in [0.2, 0.25) is 0 Å². The molecule has 0 spiro atoms. The number of amides is 1. The highest BCUT2D eigenvalue weighted by atomic mass is 32.2. The van der Waals surface area contributed by atoms with E-state index in [-0.39, 0.29) is 59.0 Å². The Balaban J connectivity index is 1.68. The van der Waals surface area contributed by atoms with Crippen LogP contribution < -0.4 is 10.6 Å². The number of rotatable bonds is 7. The van der Waals surface area contributed by atoms with Crippen molar-refractivity contribution in [2.45, 2.75) is 49.6 Å². The third kappa shape index (κ3) is 5.89. The molecule has 8 nitrogen and oxygen atoms in total. The zero-order valence-electron chi connectivity index (χ0n) is 19.4. The van der Waals surface area contributed by atoms with Gasteiger partial charge in [-0.05, 0) is 31.7 Å². The summed E-state index contributed by atoms with van der Waals surface area (Å²) in [5.74, 6) is -0.438. The lowest BCUT2D eigenvalue weighted by Crippen LogP contribution is -2.46. The van der Waals surface area contributed by atoms with Crippen molar-refractivity contribution >= 4 is 28.9 Å². The molecular weight excluding hydrogens is 488 g/mol. The fourth-order valence-electron chi connectivity index (χ4n) is 3.89. The summed E-state index contributed by atoms with van der Waals surface area (Å²) in [6, 6.07) is 4.37. The summed E-state index contributed by atoms with van der Waals surface area (Å²) in [7, 11) is 1.84. The number of aromatic nitrogens is 3. The number of fused-ring (bicyclic) bond motifs is 1. The molecule has 4 heterocycles. The van der Waals surface area contributed by atoms with E-state index in [4.69, 9.17) is 4.52 Å². The van der Waals surface area contributed by atoms with E-state index in [1.165, 1.54) is 16.7 Å². The van der Waals surface area contributed by atoms with E-state index in [1.54, 1.807) is 26.0 Å². The zero-order chi connectivity index (χ0) is 25.3. The van der Waals surface area contributed by atoms with E-state index in [2.05, 4.69) is 20.8 Å². The third-order valence-electron chi connectivity index (χ3n) is 5.71. The fourth-order valence-corrected chi connectivity index (χ4v) is 4.63. The normalized spacial score (nSPS) is 19.4. The van der Waals surface area contributed by atoms with Crippen molar-refractivity contribution in [1.29, 1.82) is 0 Å². The summed E-state index contributed by atoms with van der Waals surface area (Å²) < 4.78 is 61.5. The van der Waals surface area contributed by atoms with Crippen molar-refractivity contribution in [2.24, 2.45) is 5.92 Å². The number of thioether (sulfide) groups is 1. The second-order valence-electron chi connectivity index (χ2n) is 8.79. The van der Waals surface area contributed by atoms with Crippen LogP contribution in [0.5, 0.6) is 0 Å². The number of hydrogen-bond acceptors (Lipinski definition) is 7. The summed E-state index contributed by atoms with van der Waals surface area (Å²) in [6.45, 7) is 4.40. The highest BCUT2D eigenvalue weighted by Gasteiger charge is 2.34. The van der Waals surface area contributed by atoms with Gasteiger partial charge in [-0.1, -0.05) is 19.0 Å². The SMILES string of the molecule is CC(C)C(=O)NCc1nc(-c2cc3c(N[C@@H]4CCN(C)C[C@@H]4F)cccn3c2SC(F)(F)F)no1. The molecular formula is C22H26F4N6O2S. The van der Waals surface area contributed by atoms with Gasteiger partial charge in [0.2, 0.25) is 17.6 Å². The molecule has 1 aliphatic heterocycles. The minimum absolute atomic E-state index is 0.0390. The molecule has 0 bridgehead atoms. The van der Waals surface area contributed by atoms with Crippen LogP contribution in [0.4, 0.5) is 23.2 Å². The number of alkyl halides is 4. The van der Waals surface area contributed by atoms with Gasteiger partial charge in [-0.25, -0.2) is 4.39 Å². The molecule has 0 unspecified atom stereocenters. The zero-order valence-corrected chi connectivity index (χ0v) is 20.2. The van der Waals surface area contributed by atoms with E-state index >= 15 is 0 Å². The number of piperidine rings is 1. The highest BCUT2D eigenvalue weighted by Crippen LogP contribution is 2.43. The van der Waals surface area contributed by atoms with Gasteiger partial charge in [0.05, 0.1) is 34.4 Å². The van der Waals surface area contributed by atoms with Crippen LogP contribution in [0.1, 0.15) is 26.2 Å². The average molecular weight is 515 g/mol. The minimum atomic E-state index is -4.57. The van der Waals surface area contributed by atoms with Crippen molar-refractivity contribution in [3.8, 4) is 11.4 Å². The minimum Gasteiger partial charge on any atom is -0.378 e. The van der Waals surface area contributed by atoms with E-state index < -0.39 is 17.7 Å². The van der Waals surface area contributed by atoms with Gasteiger partial charge in [0.1, 0.15) is 6.17 Å². The lowest BCUT2D eigenvalue weighted by Gasteiger charge is -2.33. The van der Waals surface area contributed by atoms with E-state index in [0.29, 0.717) is 24.2 Å². The van der Waals surface area contributed by atoms with Crippen LogP contribution >= 0.6 is 11.8 Å². The van der Waals surface area contributed by atoms with Crippen LogP contribution in [0, 0.1) is 5.92 Å². The Morgan fingerprint density at radius 2 is 2.14 bits per heavy atom. The number of anilines is 1. The number of carbonyl (C=O) groups excluding carboxylic acids is 1. The smallest absolute Gasteiger partial charge is 0.378 e. The lowest BCUT2D eigenvalue weighted by molar-refractivity contribution is -0.124. The van der Waals surface area contributed by atoms with Gasteiger partial charge in [-0.2, -0.15) is 18.2 Å². The summed E-state index contributed by atoms with van der Waals surface area (Å²) in [4.78, 5) is 17.9. The number of nitrogens with zero attached hydrogens (tertiary/aromatic N) is 4. The fraction of sp³-hybridized carbons (Fsp3) is 0.500.